The average Bonchev–Trinajstić information content (AvgIpc) is 3.01. The number of rotatable bonds is 4. The highest BCUT2D eigenvalue weighted by atomic mass is 35.5. The van der Waals surface area contributed by atoms with E-state index in [9.17, 15) is 4.79 Å². The summed E-state index contributed by atoms with van der Waals surface area (Å²) in [6.07, 6.45) is 3.03. The minimum Gasteiger partial charge on any atom is -0.444 e. The molecule has 4 nitrogen and oxygen atoms in total. The third-order valence-corrected chi connectivity index (χ3v) is 5.79. The Bertz CT molecular complexity index is 668. The molecule has 2 aliphatic heterocycles. The van der Waals surface area contributed by atoms with Crippen molar-refractivity contribution >= 4 is 17.7 Å². The number of amides is 1. The van der Waals surface area contributed by atoms with Gasteiger partial charge in [0.1, 0.15) is 5.60 Å². The molecule has 2 bridgehead atoms. The number of fused-ring (bicyclic) bond motifs is 2. The van der Waals surface area contributed by atoms with Gasteiger partial charge in [-0.2, -0.15) is 0 Å². The average molecular weight is 379 g/mol. The molecule has 2 aliphatic rings. The first kappa shape index (κ1) is 19.5. The molecule has 2 heterocycles. The van der Waals surface area contributed by atoms with Crippen molar-refractivity contribution in [2.75, 3.05) is 0 Å². The van der Waals surface area contributed by atoms with Crippen molar-refractivity contribution in [1.82, 2.24) is 10.2 Å². The smallest absolute Gasteiger partial charge is 0.407 e. The van der Waals surface area contributed by atoms with Crippen LogP contribution in [-0.2, 0) is 11.3 Å². The Balaban J connectivity index is 1.70. The molecule has 3 atom stereocenters. The van der Waals surface area contributed by atoms with Gasteiger partial charge in [-0.1, -0.05) is 37.6 Å². The van der Waals surface area contributed by atoms with Crippen LogP contribution in [0.25, 0.3) is 0 Å². The van der Waals surface area contributed by atoms with Crippen molar-refractivity contribution in [3.63, 3.8) is 0 Å². The van der Waals surface area contributed by atoms with Gasteiger partial charge in [0.05, 0.1) is 0 Å². The van der Waals surface area contributed by atoms with Gasteiger partial charge in [0, 0.05) is 29.7 Å². The fourth-order valence-corrected chi connectivity index (χ4v) is 4.94. The van der Waals surface area contributed by atoms with Gasteiger partial charge in [0.15, 0.2) is 0 Å². The molecule has 1 aromatic carbocycles. The number of ether oxygens (including phenoxy) is 1. The van der Waals surface area contributed by atoms with Crippen LogP contribution in [0.2, 0.25) is 5.02 Å². The number of nitrogens with one attached hydrogen (secondary N) is 1. The summed E-state index contributed by atoms with van der Waals surface area (Å²) in [4.78, 5) is 14.7. The number of benzene rings is 1. The topological polar surface area (TPSA) is 41.6 Å². The number of halogens is 1. The number of hydrogen-bond acceptors (Lipinski definition) is 3. The van der Waals surface area contributed by atoms with Crippen LogP contribution in [0.1, 0.15) is 70.9 Å². The molecule has 0 radical (unpaired) electrons. The second-order valence-corrected chi connectivity index (χ2v) is 9.33. The van der Waals surface area contributed by atoms with Crippen LogP contribution in [0.4, 0.5) is 4.79 Å². The van der Waals surface area contributed by atoms with Crippen molar-refractivity contribution in [3.8, 4) is 0 Å². The van der Waals surface area contributed by atoms with Gasteiger partial charge in [-0.3, -0.25) is 4.90 Å². The summed E-state index contributed by atoms with van der Waals surface area (Å²) in [7, 11) is 0. The maximum atomic E-state index is 12.2. The van der Waals surface area contributed by atoms with Crippen LogP contribution in [0, 0.1) is 0 Å². The molecule has 1 N–H and O–H groups in total. The molecule has 2 fully saturated rings. The minimum atomic E-state index is -0.464. The number of nitrogens with zero attached hydrogens (tertiary/aromatic N) is 1. The van der Waals surface area contributed by atoms with Gasteiger partial charge in [-0.05, 0) is 63.1 Å². The quantitative estimate of drug-likeness (QED) is 0.793. The molecule has 2 saturated heterocycles. The lowest BCUT2D eigenvalue weighted by Gasteiger charge is -2.27. The Kier molecular flexibility index (Phi) is 5.55. The summed E-state index contributed by atoms with van der Waals surface area (Å²) in [5.41, 5.74) is 2.09. The molecule has 5 heteroatoms. The van der Waals surface area contributed by atoms with Crippen LogP contribution in [0.3, 0.4) is 0 Å². The van der Waals surface area contributed by atoms with Crippen LogP contribution in [0.15, 0.2) is 18.2 Å². The van der Waals surface area contributed by atoms with Gasteiger partial charge in [-0.15, -0.1) is 0 Å². The lowest BCUT2D eigenvalue weighted by atomic mass is 9.96. The molecule has 144 valence electrons. The molecule has 0 aromatic heterocycles. The number of alkyl carbamates (subject to hydrolysis) is 1. The zero-order valence-corrected chi connectivity index (χ0v) is 17.3. The van der Waals surface area contributed by atoms with Crippen molar-refractivity contribution < 1.29 is 9.53 Å². The molecule has 0 saturated carbocycles. The summed E-state index contributed by atoms with van der Waals surface area (Å²) in [6.45, 7) is 11.0. The van der Waals surface area contributed by atoms with E-state index in [1.807, 2.05) is 32.9 Å². The predicted octanol–water partition coefficient (Wildman–Crippen LogP) is 5.09. The predicted molar refractivity (Wildman–Crippen MR) is 106 cm³/mol. The van der Waals surface area contributed by atoms with E-state index < -0.39 is 5.60 Å². The SMILES string of the molecule is CC(C)c1c(Cl)cccc1CN1C2CCC1C(NC(=O)OC(C)(C)C)C2. The van der Waals surface area contributed by atoms with Crippen LogP contribution < -0.4 is 5.32 Å². The normalized spacial score (nSPS) is 25.7. The zero-order chi connectivity index (χ0) is 19.1. The van der Waals surface area contributed by atoms with E-state index in [4.69, 9.17) is 16.3 Å². The summed E-state index contributed by atoms with van der Waals surface area (Å²) < 4.78 is 5.44. The Morgan fingerprint density at radius 2 is 2.08 bits per heavy atom. The lowest BCUT2D eigenvalue weighted by Crippen LogP contribution is -2.45. The number of hydrogen-bond donors (Lipinski definition) is 1. The van der Waals surface area contributed by atoms with E-state index in [1.165, 1.54) is 17.5 Å². The Labute approximate surface area is 162 Å². The third-order valence-electron chi connectivity index (χ3n) is 5.46. The monoisotopic (exact) mass is 378 g/mol. The lowest BCUT2D eigenvalue weighted by molar-refractivity contribution is 0.0491. The van der Waals surface area contributed by atoms with Crippen LogP contribution >= 0.6 is 11.6 Å². The molecule has 1 aromatic rings. The summed E-state index contributed by atoms with van der Waals surface area (Å²) in [5.74, 6) is 0.398. The summed E-state index contributed by atoms with van der Waals surface area (Å²) >= 11 is 6.47. The van der Waals surface area contributed by atoms with Gasteiger partial charge in [-0.25, -0.2) is 4.79 Å². The van der Waals surface area contributed by atoms with Crippen LogP contribution in [-0.4, -0.2) is 34.7 Å². The molecule has 3 unspecified atom stereocenters. The van der Waals surface area contributed by atoms with E-state index in [0.29, 0.717) is 18.0 Å². The number of carbonyl (C=O) groups excluding carboxylic acids is 1. The van der Waals surface area contributed by atoms with Crippen molar-refractivity contribution in [2.45, 2.75) is 90.1 Å². The first-order valence-corrected chi connectivity index (χ1v) is 10.1. The van der Waals surface area contributed by atoms with Gasteiger partial charge >= 0.3 is 6.09 Å². The second kappa shape index (κ2) is 7.40. The minimum absolute atomic E-state index is 0.172. The molecular formula is C21H31ClN2O2. The maximum absolute atomic E-state index is 12.2. The first-order valence-electron chi connectivity index (χ1n) is 9.68. The van der Waals surface area contributed by atoms with E-state index in [-0.39, 0.29) is 12.1 Å². The Hall–Kier alpha value is -1.26. The molecular weight excluding hydrogens is 348 g/mol. The van der Waals surface area contributed by atoms with Crippen LogP contribution in [0.5, 0.6) is 0 Å². The summed E-state index contributed by atoms with van der Waals surface area (Å²) in [6, 6.07) is 7.29. The maximum Gasteiger partial charge on any atom is 0.407 e. The third kappa shape index (κ3) is 4.17. The van der Waals surface area contributed by atoms with E-state index >= 15 is 0 Å². The standard InChI is InChI=1S/C21H31ClN2O2/c1-13(2)19-14(7-6-8-16(19)22)12-24-15-9-10-18(24)17(11-15)23-20(25)26-21(3,4)5/h6-8,13,15,17-18H,9-12H2,1-5H3,(H,23,25). The van der Waals surface area contributed by atoms with E-state index in [2.05, 4.69) is 30.1 Å². The molecule has 3 rings (SSSR count). The highest BCUT2D eigenvalue weighted by molar-refractivity contribution is 6.31. The van der Waals surface area contributed by atoms with Crippen molar-refractivity contribution in [3.05, 3.63) is 34.3 Å². The fourth-order valence-electron chi connectivity index (χ4n) is 4.52. The molecule has 1 amide bonds. The second-order valence-electron chi connectivity index (χ2n) is 8.93. The largest absolute Gasteiger partial charge is 0.444 e. The first-order chi connectivity index (χ1) is 12.2. The van der Waals surface area contributed by atoms with Gasteiger partial charge < -0.3 is 10.1 Å². The Morgan fingerprint density at radius 3 is 2.73 bits per heavy atom. The summed E-state index contributed by atoms with van der Waals surface area (Å²) in [5, 5.41) is 3.96. The Morgan fingerprint density at radius 1 is 1.35 bits per heavy atom. The highest BCUT2D eigenvalue weighted by Crippen LogP contribution is 2.40. The molecule has 0 spiro atoms. The number of carbonyl (C=O) groups is 1. The zero-order valence-electron chi connectivity index (χ0n) is 16.5. The molecule has 0 aliphatic carbocycles. The fraction of sp³-hybridized carbons (Fsp3) is 0.667. The van der Waals surface area contributed by atoms with Crippen molar-refractivity contribution in [1.29, 1.82) is 0 Å². The highest BCUT2D eigenvalue weighted by Gasteiger charge is 2.47. The van der Waals surface area contributed by atoms with Gasteiger partial charge in [0.2, 0.25) is 0 Å². The van der Waals surface area contributed by atoms with Gasteiger partial charge in [0.25, 0.3) is 0 Å². The van der Waals surface area contributed by atoms with E-state index in [1.54, 1.807) is 0 Å². The van der Waals surface area contributed by atoms with E-state index in [0.717, 1.165) is 24.4 Å². The van der Waals surface area contributed by atoms with Crippen molar-refractivity contribution in [2.24, 2.45) is 0 Å². The molecule has 26 heavy (non-hydrogen) atoms.